The highest BCUT2D eigenvalue weighted by Gasteiger charge is 2.34. The molecule has 0 amide bonds. The second-order valence-corrected chi connectivity index (χ2v) is 3.75. The monoisotopic (exact) mass is 281 g/mol. The molecular weight excluding hydrogens is 276 g/mol. The third kappa shape index (κ3) is 2.56. The standard InChI is InChI=1S/C11H5F6NO/c12-10(13,14)5-1-2-6-7(3-5)18-9(4-8(6)19)11(15,16)17/h1-4H,(H,18,19). The molecule has 0 bridgehead atoms. The van der Waals surface area contributed by atoms with Gasteiger partial charge in [0.05, 0.1) is 11.1 Å². The Hall–Kier alpha value is -1.99. The van der Waals surface area contributed by atoms with Gasteiger partial charge >= 0.3 is 12.4 Å². The number of aromatic nitrogens is 1. The van der Waals surface area contributed by atoms with E-state index in [2.05, 4.69) is 4.98 Å². The van der Waals surface area contributed by atoms with Crippen molar-refractivity contribution >= 4 is 10.9 Å². The Kier molecular flexibility index (Phi) is 2.83. The molecule has 2 aromatic rings. The molecule has 0 saturated carbocycles. The number of pyridine rings is 1. The lowest BCUT2D eigenvalue weighted by atomic mass is 10.1. The summed E-state index contributed by atoms with van der Waals surface area (Å²) in [5.41, 5.74) is -3.15. The lowest BCUT2D eigenvalue weighted by Gasteiger charge is -2.11. The maximum atomic E-state index is 12.4. The van der Waals surface area contributed by atoms with E-state index in [1.54, 1.807) is 0 Å². The Morgan fingerprint density at radius 3 is 2.05 bits per heavy atom. The van der Waals surface area contributed by atoms with Crippen LogP contribution in [-0.2, 0) is 12.4 Å². The van der Waals surface area contributed by atoms with E-state index in [0.717, 1.165) is 6.07 Å². The van der Waals surface area contributed by atoms with Crippen LogP contribution in [0.4, 0.5) is 26.3 Å². The third-order valence-electron chi connectivity index (χ3n) is 2.41. The van der Waals surface area contributed by atoms with Gasteiger partial charge < -0.3 is 5.11 Å². The predicted molar refractivity (Wildman–Crippen MR) is 53.4 cm³/mol. The van der Waals surface area contributed by atoms with E-state index in [4.69, 9.17) is 0 Å². The number of aromatic hydroxyl groups is 1. The van der Waals surface area contributed by atoms with Crippen molar-refractivity contribution in [1.82, 2.24) is 4.98 Å². The average molecular weight is 281 g/mol. The second kappa shape index (κ2) is 4.01. The van der Waals surface area contributed by atoms with Gasteiger partial charge in [-0.05, 0) is 18.2 Å². The van der Waals surface area contributed by atoms with Crippen LogP contribution in [0.3, 0.4) is 0 Å². The smallest absolute Gasteiger partial charge is 0.433 e. The Labute approximate surface area is 102 Å². The van der Waals surface area contributed by atoms with E-state index < -0.39 is 34.9 Å². The van der Waals surface area contributed by atoms with Crippen molar-refractivity contribution < 1.29 is 31.4 Å². The molecule has 0 unspecified atom stereocenters. The quantitative estimate of drug-likeness (QED) is 0.741. The molecule has 19 heavy (non-hydrogen) atoms. The Morgan fingerprint density at radius 1 is 0.895 bits per heavy atom. The van der Waals surface area contributed by atoms with Crippen LogP contribution in [0.5, 0.6) is 5.75 Å². The third-order valence-corrected chi connectivity index (χ3v) is 2.41. The molecule has 2 nitrogen and oxygen atoms in total. The molecule has 0 aliphatic heterocycles. The molecule has 102 valence electrons. The van der Waals surface area contributed by atoms with E-state index in [9.17, 15) is 31.4 Å². The lowest BCUT2D eigenvalue weighted by molar-refractivity contribution is -0.141. The fourth-order valence-corrected chi connectivity index (χ4v) is 1.53. The number of rotatable bonds is 0. The van der Waals surface area contributed by atoms with Crippen molar-refractivity contribution in [2.45, 2.75) is 12.4 Å². The van der Waals surface area contributed by atoms with E-state index >= 15 is 0 Å². The lowest BCUT2D eigenvalue weighted by Crippen LogP contribution is -2.09. The van der Waals surface area contributed by atoms with Crippen LogP contribution in [0, 0.1) is 0 Å². The molecule has 0 saturated heterocycles. The maximum absolute atomic E-state index is 12.4. The fraction of sp³-hybridized carbons (Fsp3) is 0.182. The first-order chi connectivity index (χ1) is 8.59. The topological polar surface area (TPSA) is 33.1 Å². The molecule has 1 heterocycles. The van der Waals surface area contributed by atoms with Gasteiger partial charge in [0.15, 0.2) is 0 Å². The first kappa shape index (κ1) is 13.4. The van der Waals surface area contributed by atoms with Gasteiger partial charge in [0, 0.05) is 11.5 Å². The normalized spacial score (nSPS) is 12.9. The highest BCUT2D eigenvalue weighted by atomic mass is 19.4. The van der Waals surface area contributed by atoms with Crippen LogP contribution >= 0.6 is 0 Å². The zero-order valence-electron chi connectivity index (χ0n) is 8.97. The summed E-state index contributed by atoms with van der Waals surface area (Å²) in [5.74, 6) is -0.772. The van der Waals surface area contributed by atoms with Gasteiger partial charge in [-0.1, -0.05) is 0 Å². The first-order valence-corrected chi connectivity index (χ1v) is 4.87. The van der Waals surface area contributed by atoms with Crippen molar-refractivity contribution in [2.75, 3.05) is 0 Å². The maximum Gasteiger partial charge on any atom is 0.433 e. The molecule has 0 fully saturated rings. The van der Waals surface area contributed by atoms with Crippen LogP contribution in [0.2, 0.25) is 0 Å². The van der Waals surface area contributed by atoms with E-state index in [-0.39, 0.29) is 5.39 Å². The number of alkyl halides is 6. The Bertz CT molecular complexity index is 626. The van der Waals surface area contributed by atoms with Gasteiger partial charge in [0.2, 0.25) is 0 Å². The van der Waals surface area contributed by atoms with Crippen molar-refractivity contribution in [1.29, 1.82) is 0 Å². The summed E-state index contributed by atoms with van der Waals surface area (Å²) >= 11 is 0. The molecule has 1 aromatic carbocycles. The summed E-state index contributed by atoms with van der Waals surface area (Å²) in [5, 5.41) is 9.21. The zero-order valence-corrected chi connectivity index (χ0v) is 8.97. The van der Waals surface area contributed by atoms with E-state index in [0.29, 0.717) is 18.2 Å². The van der Waals surface area contributed by atoms with Gasteiger partial charge in [0.1, 0.15) is 11.4 Å². The van der Waals surface area contributed by atoms with Gasteiger partial charge in [-0.2, -0.15) is 26.3 Å². The molecule has 0 radical (unpaired) electrons. The Balaban J connectivity index is 2.70. The molecule has 0 spiro atoms. The summed E-state index contributed by atoms with van der Waals surface area (Å²) in [4.78, 5) is 3.10. The van der Waals surface area contributed by atoms with Gasteiger partial charge in [-0.3, -0.25) is 0 Å². The molecule has 1 aromatic heterocycles. The summed E-state index contributed by atoms with van der Waals surface area (Å²) in [7, 11) is 0. The summed E-state index contributed by atoms with van der Waals surface area (Å²) in [6, 6.07) is 2.37. The van der Waals surface area contributed by atoms with Crippen LogP contribution in [0.15, 0.2) is 24.3 Å². The average Bonchev–Trinajstić information content (AvgIpc) is 2.25. The largest absolute Gasteiger partial charge is 0.507 e. The molecular formula is C11H5F6NO. The van der Waals surface area contributed by atoms with Crippen molar-refractivity contribution in [3.05, 3.63) is 35.5 Å². The van der Waals surface area contributed by atoms with Crippen molar-refractivity contribution in [3.8, 4) is 5.75 Å². The summed E-state index contributed by atoms with van der Waals surface area (Å²) in [6.45, 7) is 0. The highest BCUT2D eigenvalue weighted by molar-refractivity contribution is 5.85. The molecule has 1 N–H and O–H groups in total. The molecule has 2 rings (SSSR count). The fourth-order valence-electron chi connectivity index (χ4n) is 1.53. The van der Waals surface area contributed by atoms with E-state index in [1.807, 2.05) is 0 Å². The number of benzene rings is 1. The number of fused-ring (bicyclic) bond motifs is 1. The number of hydrogen-bond acceptors (Lipinski definition) is 2. The minimum atomic E-state index is -4.85. The molecule has 8 heteroatoms. The molecule has 0 aliphatic carbocycles. The SMILES string of the molecule is Oc1cc(C(F)(F)F)nc2cc(C(F)(F)F)ccc12. The molecule has 0 aliphatic rings. The van der Waals surface area contributed by atoms with Crippen LogP contribution < -0.4 is 0 Å². The van der Waals surface area contributed by atoms with Gasteiger partial charge in [0.25, 0.3) is 0 Å². The van der Waals surface area contributed by atoms with Gasteiger partial charge in [-0.15, -0.1) is 0 Å². The number of halogens is 6. The van der Waals surface area contributed by atoms with Gasteiger partial charge in [-0.25, -0.2) is 4.98 Å². The van der Waals surface area contributed by atoms with Crippen LogP contribution in [0.25, 0.3) is 10.9 Å². The minimum Gasteiger partial charge on any atom is -0.507 e. The highest BCUT2D eigenvalue weighted by Crippen LogP contribution is 2.36. The number of nitrogens with zero attached hydrogens (tertiary/aromatic N) is 1. The van der Waals surface area contributed by atoms with E-state index in [1.165, 1.54) is 0 Å². The minimum absolute atomic E-state index is 0.180. The van der Waals surface area contributed by atoms with Crippen LogP contribution in [-0.4, -0.2) is 10.1 Å². The summed E-state index contributed by atoms with van der Waals surface area (Å²) < 4.78 is 74.6. The zero-order chi connectivity index (χ0) is 14.4. The summed E-state index contributed by atoms with van der Waals surface area (Å²) in [6.07, 6.45) is -9.54. The van der Waals surface area contributed by atoms with Crippen molar-refractivity contribution in [3.63, 3.8) is 0 Å². The Morgan fingerprint density at radius 2 is 1.53 bits per heavy atom. The predicted octanol–water partition coefficient (Wildman–Crippen LogP) is 3.98. The van der Waals surface area contributed by atoms with Crippen molar-refractivity contribution in [2.24, 2.45) is 0 Å². The molecule has 0 atom stereocenters. The first-order valence-electron chi connectivity index (χ1n) is 4.87. The van der Waals surface area contributed by atoms with Crippen LogP contribution in [0.1, 0.15) is 11.3 Å². The second-order valence-electron chi connectivity index (χ2n) is 3.75. The number of hydrogen-bond donors (Lipinski definition) is 1.